The summed E-state index contributed by atoms with van der Waals surface area (Å²) in [5.74, 6) is 2.24. The van der Waals surface area contributed by atoms with Crippen LogP contribution >= 0.6 is 0 Å². The Bertz CT molecular complexity index is 582. The standard InChI is InChI=1S/C15H17NO3/c1-18-13-3-2-12-8-14(19-15(12)9-13)11-4-6-16(10-17)7-5-11/h2-3,8-11H,4-7H2,1H3. The van der Waals surface area contributed by atoms with Crippen LogP contribution in [0.4, 0.5) is 0 Å². The number of hydrogen-bond acceptors (Lipinski definition) is 3. The third kappa shape index (κ3) is 2.30. The molecule has 1 amide bonds. The lowest BCUT2D eigenvalue weighted by Crippen LogP contribution is -2.31. The lowest BCUT2D eigenvalue weighted by molar-refractivity contribution is -0.119. The Morgan fingerprint density at radius 2 is 2.11 bits per heavy atom. The van der Waals surface area contributed by atoms with E-state index in [2.05, 4.69) is 6.07 Å². The molecule has 0 saturated carbocycles. The third-order valence-corrected chi connectivity index (χ3v) is 3.83. The fourth-order valence-electron chi connectivity index (χ4n) is 2.65. The molecule has 0 bridgehead atoms. The monoisotopic (exact) mass is 259 g/mol. The Kier molecular flexibility index (Phi) is 3.15. The van der Waals surface area contributed by atoms with Crippen molar-refractivity contribution in [2.24, 2.45) is 0 Å². The van der Waals surface area contributed by atoms with Crippen molar-refractivity contribution in [3.8, 4) is 5.75 Å². The summed E-state index contributed by atoms with van der Waals surface area (Å²) in [4.78, 5) is 12.5. The zero-order chi connectivity index (χ0) is 13.2. The number of likely N-dealkylation sites (tertiary alicyclic amines) is 1. The molecule has 100 valence electrons. The Labute approximate surface area is 111 Å². The topological polar surface area (TPSA) is 42.7 Å². The maximum absolute atomic E-state index is 10.7. The molecule has 2 aromatic rings. The first-order valence-electron chi connectivity index (χ1n) is 6.57. The molecule has 19 heavy (non-hydrogen) atoms. The van der Waals surface area contributed by atoms with Gasteiger partial charge in [-0.15, -0.1) is 0 Å². The van der Waals surface area contributed by atoms with E-state index in [1.54, 1.807) is 7.11 Å². The molecule has 1 saturated heterocycles. The van der Waals surface area contributed by atoms with E-state index in [1.807, 2.05) is 23.1 Å². The van der Waals surface area contributed by atoms with Gasteiger partial charge in [-0.3, -0.25) is 4.79 Å². The van der Waals surface area contributed by atoms with Crippen LogP contribution in [0.15, 0.2) is 28.7 Å². The largest absolute Gasteiger partial charge is 0.497 e. The number of amides is 1. The number of rotatable bonds is 3. The van der Waals surface area contributed by atoms with Gasteiger partial charge in [0.1, 0.15) is 17.1 Å². The summed E-state index contributed by atoms with van der Waals surface area (Å²) in [6.45, 7) is 1.63. The number of piperidine rings is 1. The average Bonchev–Trinajstić information content (AvgIpc) is 2.90. The van der Waals surface area contributed by atoms with E-state index in [4.69, 9.17) is 9.15 Å². The number of carbonyl (C=O) groups is 1. The van der Waals surface area contributed by atoms with Gasteiger partial charge in [0.2, 0.25) is 6.41 Å². The number of nitrogens with zero attached hydrogens (tertiary/aromatic N) is 1. The van der Waals surface area contributed by atoms with Gasteiger partial charge < -0.3 is 14.1 Å². The van der Waals surface area contributed by atoms with Gasteiger partial charge in [0.05, 0.1) is 7.11 Å². The minimum atomic E-state index is 0.412. The maximum Gasteiger partial charge on any atom is 0.209 e. The van der Waals surface area contributed by atoms with Crippen molar-refractivity contribution in [1.82, 2.24) is 4.90 Å². The molecular weight excluding hydrogens is 242 g/mol. The molecule has 4 heteroatoms. The van der Waals surface area contributed by atoms with Crippen molar-refractivity contribution >= 4 is 17.4 Å². The van der Waals surface area contributed by atoms with Gasteiger partial charge in [-0.2, -0.15) is 0 Å². The van der Waals surface area contributed by atoms with Crippen LogP contribution < -0.4 is 4.74 Å². The first-order valence-corrected chi connectivity index (χ1v) is 6.57. The Morgan fingerprint density at radius 3 is 2.79 bits per heavy atom. The zero-order valence-electron chi connectivity index (χ0n) is 11.0. The maximum atomic E-state index is 10.7. The van der Waals surface area contributed by atoms with Crippen molar-refractivity contribution in [2.45, 2.75) is 18.8 Å². The molecule has 0 atom stereocenters. The van der Waals surface area contributed by atoms with Gasteiger partial charge in [-0.25, -0.2) is 0 Å². The van der Waals surface area contributed by atoms with E-state index in [1.165, 1.54) is 0 Å². The molecule has 1 aromatic heterocycles. The molecule has 0 spiro atoms. The van der Waals surface area contributed by atoms with E-state index < -0.39 is 0 Å². The first kappa shape index (κ1) is 12.1. The van der Waals surface area contributed by atoms with Crippen molar-refractivity contribution in [3.05, 3.63) is 30.0 Å². The molecule has 0 radical (unpaired) electrons. The van der Waals surface area contributed by atoms with Crippen LogP contribution in [-0.2, 0) is 4.79 Å². The first-order chi connectivity index (χ1) is 9.30. The van der Waals surface area contributed by atoms with Crippen LogP contribution in [-0.4, -0.2) is 31.5 Å². The lowest BCUT2D eigenvalue weighted by atomic mass is 9.94. The molecule has 1 fully saturated rings. The second kappa shape index (κ2) is 4.96. The highest BCUT2D eigenvalue weighted by Crippen LogP contribution is 2.33. The fourth-order valence-corrected chi connectivity index (χ4v) is 2.65. The number of furan rings is 1. The highest BCUT2D eigenvalue weighted by atomic mass is 16.5. The van der Waals surface area contributed by atoms with Crippen LogP contribution in [0.25, 0.3) is 11.0 Å². The summed E-state index contributed by atoms with van der Waals surface area (Å²) in [6.07, 6.45) is 2.87. The van der Waals surface area contributed by atoms with Crippen molar-refractivity contribution in [1.29, 1.82) is 0 Å². The van der Waals surface area contributed by atoms with E-state index in [-0.39, 0.29) is 0 Å². The van der Waals surface area contributed by atoms with Gasteiger partial charge in [0.15, 0.2) is 0 Å². The van der Waals surface area contributed by atoms with Crippen LogP contribution in [0.5, 0.6) is 5.75 Å². The third-order valence-electron chi connectivity index (χ3n) is 3.83. The van der Waals surface area contributed by atoms with Gasteiger partial charge >= 0.3 is 0 Å². The zero-order valence-corrected chi connectivity index (χ0v) is 11.0. The Hall–Kier alpha value is -1.97. The minimum Gasteiger partial charge on any atom is -0.497 e. The molecule has 1 aliphatic rings. The Morgan fingerprint density at radius 1 is 1.32 bits per heavy atom. The molecule has 0 unspecified atom stereocenters. The van der Waals surface area contributed by atoms with Gasteiger partial charge in [-0.1, -0.05) is 0 Å². The SMILES string of the molecule is COc1ccc2cc(C3CCN(C=O)CC3)oc2c1. The summed E-state index contributed by atoms with van der Waals surface area (Å²) in [6, 6.07) is 7.98. The fraction of sp³-hybridized carbons (Fsp3) is 0.400. The molecule has 2 heterocycles. The molecule has 3 rings (SSSR count). The molecule has 0 aliphatic carbocycles. The van der Waals surface area contributed by atoms with E-state index >= 15 is 0 Å². The number of benzene rings is 1. The molecule has 0 N–H and O–H groups in total. The van der Waals surface area contributed by atoms with Crippen molar-refractivity contribution in [2.75, 3.05) is 20.2 Å². The minimum absolute atomic E-state index is 0.412. The molecular formula is C15H17NO3. The smallest absolute Gasteiger partial charge is 0.209 e. The van der Waals surface area contributed by atoms with Crippen LogP contribution in [0.1, 0.15) is 24.5 Å². The van der Waals surface area contributed by atoms with Crippen LogP contribution in [0.3, 0.4) is 0 Å². The highest BCUT2D eigenvalue weighted by molar-refractivity contribution is 5.79. The van der Waals surface area contributed by atoms with E-state index in [0.29, 0.717) is 5.92 Å². The van der Waals surface area contributed by atoms with Crippen molar-refractivity contribution < 1.29 is 13.9 Å². The molecule has 1 aromatic carbocycles. The van der Waals surface area contributed by atoms with Crippen molar-refractivity contribution in [3.63, 3.8) is 0 Å². The average molecular weight is 259 g/mol. The number of carbonyl (C=O) groups excluding carboxylic acids is 1. The highest BCUT2D eigenvalue weighted by Gasteiger charge is 2.22. The second-order valence-corrected chi connectivity index (χ2v) is 4.97. The normalized spacial score (nSPS) is 16.8. The van der Waals surface area contributed by atoms with Gasteiger partial charge in [-0.05, 0) is 31.0 Å². The van der Waals surface area contributed by atoms with E-state index in [0.717, 1.165) is 54.8 Å². The summed E-state index contributed by atoms with van der Waals surface area (Å²) < 4.78 is 11.1. The van der Waals surface area contributed by atoms with Gasteiger partial charge in [0, 0.05) is 30.5 Å². The molecule has 1 aliphatic heterocycles. The summed E-state index contributed by atoms with van der Waals surface area (Å²) in [7, 11) is 1.65. The quantitative estimate of drug-likeness (QED) is 0.796. The number of fused-ring (bicyclic) bond motifs is 1. The summed E-state index contributed by atoms with van der Waals surface area (Å²) >= 11 is 0. The predicted molar refractivity (Wildman–Crippen MR) is 72.4 cm³/mol. The number of hydrogen-bond donors (Lipinski definition) is 0. The Balaban J connectivity index is 1.83. The van der Waals surface area contributed by atoms with Gasteiger partial charge in [0.25, 0.3) is 0 Å². The number of methoxy groups -OCH3 is 1. The van der Waals surface area contributed by atoms with E-state index in [9.17, 15) is 4.79 Å². The second-order valence-electron chi connectivity index (χ2n) is 4.97. The van der Waals surface area contributed by atoms with Crippen LogP contribution in [0.2, 0.25) is 0 Å². The lowest BCUT2D eigenvalue weighted by Gasteiger charge is -2.27. The number of ether oxygens (including phenoxy) is 1. The summed E-state index contributed by atoms with van der Waals surface area (Å²) in [5, 5.41) is 1.11. The summed E-state index contributed by atoms with van der Waals surface area (Å²) in [5.41, 5.74) is 0.868. The predicted octanol–water partition coefficient (Wildman–Crippen LogP) is 2.78. The van der Waals surface area contributed by atoms with Crippen LogP contribution in [0, 0.1) is 0 Å². The molecule has 4 nitrogen and oxygen atoms in total.